The van der Waals surface area contributed by atoms with Gasteiger partial charge in [-0.2, -0.15) is 5.26 Å². The van der Waals surface area contributed by atoms with Crippen molar-refractivity contribution in [3.8, 4) is 17.6 Å². The monoisotopic (exact) mass is 582 g/mol. The summed E-state index contributed by atoms with van der Waals surface area (Å²) >= 11 is 6.56. The van der Waals surface area contributed by atoms with E-state index in [1.54, 1.807) is 42.6 Å². The fourth-order valence-electron chi connectivity index (χ4n) is 3.96. The number of hydrogen-bond donors (Lipinski definition) is 2. The van der Waals surface area contributed by atoms with E-state index >= 15 is 0 Å². The number of likely N-dealkylation sites (N-methyl/N-ethyl adjacent to an activating group) is 1. The quantitative estimate of drug-likeness (QED) is 0.251. The molecule has 214 valence electrons. The molecule has 4 rings (SSSR count). The van der Waals surface area contributed by atoms with Crippen LogP contribution in [0.3, 0.4) is 0 Å². The maximum Gasteiger partial charge on any atom is 0.248 e. The van der Waals surface area contributed by atoms with E-state index in [4.69, 9.17) is 21.1 Å². The zero-order valence-corrected chi connectivity index (χ0v) is 24.4. The fraction of sp³-hybridized carbons (Fsp3) is 0.188. The van der Waals surface area contributed by atoms with Crippen LogP contribution >= 0.6 is 11.6 Å². The molecule has 0 saturated heterocycles. The van der Waals surface area contributed by atoms with E-state index in [9.17, 15) is 10.1 Å². The largest absolute Gasteiger partial charge is 0.492 e. The molecule has 0 spiro atoms. The number of benzene rings is 2. The van der Waals surface area contributed by atoms with Gasteiger partial charge >= 0.3 is 0 Å². The van der Waals surface area contributed by atoms with Gasteiger partial charge in [0.25, 0.3) is 0 Å². The molecule has 0 saturated carbocycles. The Bertz CT molecular complexity index is 1650. The van der Waals surface area contributed by atoms with Gasteiger partial charge in [0.15, 0.2) is 0 Å². The van der Waals surface area contributed by atoms with Gasteiger partial charge in [-0.1, -0.05) is 35.9 Å². The predicted molar refractivity (Wildman–Crippen MR) is 169 cm³/mol. The Hall–Kier alpha value is -4.91. The van der Waals surface area contributed by atoms with Crippen molar-refractivity contribution in [3.05, 3.63) is 95.3 Å². The summed E-state index contributed by atoms with van der Waals surface area (Å²) in [4.78, 5) is 23.4. The number of aromatic nitrogens is 1. The summed E-state index contributed by atoms with van der Waals surface area (Å²) in [5.74, 6) is 0.669. The number of ether oxygens (including phenoxy) is 2. The van der Waals surface area contributed by atoms with Gasteiger partial charge in [-0.15, -0.1) is 0 Å². The SMILES string of the molecule is CCOc1cc2ncc(C#N)c(Nc3ccc(OCC4=C/C=C\C=C\C=N\4)c(Cl)c3)c2cc1NC(=O)/C=C/CN(C)C. The van der Waals surface area contributed by atoms with E-state index in [1.165, 1.54) is 12.3 Å². The topological polar surface area (TPSA) is 112 Å². The summed E-state index contributed by atoms with van der Waals surface area (Å²) in [7, 11) is 3.84. The number of aliphatic imine (C=N–C) groups is 1. The van der Waals surface area contributed by atoms with Crippen molar-refractivity contribution in [1.29, 1.82) is 5.26 Å². The zero-order valence-electron chi connectivity index (χ0n) is 23.6. The third-order valence-electron chi connectivity index (χ3n) is 5.91. The first-order valence-corrected chi connectivity index (χ1v) is 13.6. The van der Waals surface area contributed by atoms with Crippen molar-refractivity contribution in [3.63, 3.8) is 0 Å². The Balaban J connectivity index is 1.62. The first kappa shape index (κ1) is 30.1. The maximum absolute atomic E-state index is 12.6. The number of rotatable bonds is 11. The summed E-state index contributed by atoms with van der Waals surface area (Å²) in [5, 5.41) is 17.1. The number of allylic oxidation sites excluding steroid dienone is 5. The number of nitriles is 1. The second kappa shape index (κ2) is 14.6. The molecule has 2 heterocycles. The number of hydrogen-bond acceptors (Lipinski definition) is 8. The third-order valence-corrected chi connectivity index (χ3v) is 6.21. The summed E-state index contributed by atoms with van der Waals surface area (Å²) in [6.07, 6.45) is 15.8. The van der Waals surface area contributed by atoms with Crippen molar-refractivity contribution >= 4 is 51.7 Å². The molecule has 10 heteroatoms. The number of fused-ring (bicyclic) bond motifs is 1. The molecular weight excluding hydrogens is 552 g/mol. The highest BCUT2D eigenvalue weighted by Crippen LogP contribution is 2.37. The Labute approximate surface area is 250 Å². The third kappa shape index (κ3) is 8.07. The van der Waals surface area contributed by atoms with E-state index in [2.05, 4.69) is 26.7 Å². The Morgan fingerprint density at radius 2 is 1.95 bits per heavy atom. The van der Waals surface area contributed by atoms with Crippen molar-refractivity contribution in [2.45, 2.75) is 6.92 Å². The van der Waals surface area contributed by atoms with Crippen LogP contribution in [0, 0.1) is 11.3 Å². The first-order valence-electron chi connectivity index (χ1n) is 13.3. The van der Waals surface area contributed by atoms with Crippen molar-refractivity contribution in [2.75, 3.05) is 44.5 Å². The second-order valence-electron chi connectivity index (χ2n) is 9.38. The number of carbonyl (C=O) groups is 1. The van der Waals surface area contributed by atoms with Gasteiger partial charge in [0, 0.05) is 42.2 Å². The Kier molecular flexibility index (Phi) is 10.5. The van der Waals surface area contributed by atoms with Crippen LogP contribution in [-0.2, 0) is 4.79 Å². The molecule has 3 aromatic rings. The zero-order chi connectivity index (χ0) is 29.9. The van der Waals surface area contributed by atoms with E-state index in [0.717, 1.165) is 5.70 Å². The van der Waals surface area contributed by atoms with Crippen LogP contribution in [0.25, 0.3) is 10.9 Å². The predicted octanol–water partition coefficient (Wildman–Crippen LogP) is 6.42. The highest BCUT2D eigenvalue weighted by atomic mass is 35.5. The number of anilines is 3. The second-order valence-corrected chi connectivity index (χ2v) is 9.78. The van der Waals surface area contributed by atoms with Crippen LogP contribution in [-0.4, -0.2) is 55.9 Å². The molecule has 1 amide bonds. The van der Waals surface area contributed by atoms with Gasteiger partial charge in [-0.05, 0) is 57.4 Å². The summed E-state index contributed by atoms with van der Waals surface area (Å²) in [5.41, 5.74) is 3.27. The van der Waals surface area contributed by atoms with Crippen LogP contribution < -0.4 is 20.1 Å². The van der Waals surface area contributed by atoms with Gasteiger partial charge in [-0.25, -0.2) is 0 Å². The fourth-order valence-corrected chi connectivity index (χ4v) is 4.20. The summed E-state index contributed by atoms with van der Waals surface area (Å²) in [6, 6.07) is 11.0. The minimum atomic E-state index is -0.299. The molecule has 9 nitrogen and oxygen atoms in total. The first-order chi connectivity index (χ1) is 20.4. The van der Waals surface area contributed by atoms with Crippen molar-refractivity contribution in [2.24, 2.45) is 4.99 Å². The van der Waals surface area contributed by atoms with Gasteiger partial charge in [0.2, 0.25) is 5.91 Å². The van der Waals surface area contributed by atoms with Gasteiger partial charge in [0.05, 0.1) is 39.8 Å². The molecule has 1 aromatic heterocycles. The molecule has 42 heavy (non-hydrogen) atoms. The standard InChI is InChI=1S/C32H31ClN6O3/c1-4-41-30-18-27-25(17-28(30)38-31(40)11-9-15-39(2)3)32(22(19-34)20-36-27)37-23-12-13-29(26(33)16-23)42-21-24-10-7-5-6-8-14-35-24/h5-14,16-18,20H,4,15,21H2,1-3H3,(H,36,37)(H,38,40)/b6-5?,7-5-,8-6+,10-7?,11-9+,14-8?,24-10-,35-14+,35-24?. The molecule has 0 atom stereocenters. The van der Waals surface area contributed by atoms with Crippen LogP contribution in [0.4, 0.5) is 17.1 Å². The number of nitrogens with zero attached hydrogens (tertiary/aromatic N) is 4. The molecule has 2 N–H and O–H groups in total. The Morgan fingerprint density at radius 1 is 1.12 bits per heavy atom. The molecule has 0 unspecified atom stereocenters. The van der Waals surface area contributed by atoms with E-state index in [-0.39, 0.29) is 12.5 Å². The number of halogens is 1. The van der Waals surface area contributed by atoms with Crippen LogP contribution in [0.5, 0.6) is 11.5 Å². The number of carbonyl (C=O) groups excluding carboxylic acids is 1. The van der Waals surface area contributed by atoms with Crippen molar-refractivity contribution < 1.29 is 14.3 Å². The lowest BCUT2D eigenvalue weighted by atomic mass is 10.1. The summed E-state index contributed by atoms with van der Waals surface area (Å²) < 4.78 is 11.7. The van der Waals surface area contributed by atoms with Crippen LogP contribution in [0.2, 0.25) is 5.02 Å². The molecule has 0 bridgehead atoms. The lowest BCUT2D eigenvalue weighted by Crippen LogP contribution is -2.13. The van der Waals surface area contributed by atoms with Gasteiger partial charge in [-0.3, -0.25) is 14.8 Å². The van der Waals surface area contributed by atoms with E-state index in [1.807, 2.05) is 56.3 Å². The maximum atomic E-state index is 12.6. The van der Waals surface area contributed by atoms with Crippen LogP contribution in [0.1, 0.15) is 12.5 Å². The number of nitrogens with one attached hydrogen (secondary N) is 2. The molecular formula is C32H31ClN6O3. The molecule has 0 fully saturated rings. The van der Waals surface area contributed by atoms with Gasteiger partial charge < -0.3 is 25.0 Å². The molecule has 0 aliphatic carbocycles. The molecule has 0 radical (unpaired) electrons. The number of amides is 1. The number of pyridine rings is 1. The molecule has 2 aromatic carbocycles. The minimum Gasteiger partial charge on any atom is -0.492 e. The molecule has 1 aliphatic heterocycles. The normalized spacial score (nSPS) is 16.1. The Morgan fingerprint density at radius 3 is 2.71 bits per heavy atom. The van der Waals surface area contributed by atoms with E-state index in [0.29, 0.717) is 63.2 Å². The summed E-state index contributed by atoms with van der Waals surface area (Å²) in [6.45, 7) is 3.13. The average molecular weight is 583 g/mol. The van der Waals surface area contributed by atoms with Gasteiger partial charge in [0.1, 0.15) is 24.2 Å². The van der Waals surface area contributed by atoms with E-state index < -0.39 is 0 Å². The minimum absolute atomic E-state index is 0.246. The smallest absolute Gasteiger partial charge is 0.248 e. The highest BCUT2D eigenvalue weighted by molar-refractivity contribution is 6.32. The highest BCUT2D eigenvalue weighted by Gasteiger charge is 2.16. The lowest BCUT2D eigenvalue weighted by molar-refractivity contribution is -0.111. The van der Waals surface area contributed by atoms with Crippen molar-refractivity contribution in [1.82, 2.24) is 9.88 Å². The molecule has 1 aliphatic rings. The van der Waals surface area contributed by atoms with Crippen LogP contribution in [0.15, 0.2) is 89.8 Å². The lowest BCUT2D eigenvalue weighted by Gasteiger charge is -2.16. The average Bonchev–Trinajstić information content (AvgIpc) is 2.94.